The van der Waals surface area contributed by atoms with E-state index in [1.807, 2.05) is 27.7 Å². The Morgan fingerprint density at radius 3 is 2.48 bits per heavy atom. The van der Waals surface area contributed by atoms with Gasteiger partial charge in [0.05, 0.1) is 6.26 Å². The number of hydrogen-bond acceptors (Lipinski definition) is 5. The molecule has 0 bridgehead atoms. The maximum Gasteiger partial charge on any atom is 0.291 e. The van der Waals surface area contributed by atoms with E-state index in [1.54, 1.807) is 48.5 Å². The zero-order valence-electron chi connectivity index (χ0n) is 17.8. The second-order valence-corrected chi connectivity index (χ2v) is 8.37. The monoisotopic (exact) mass is 417 g/mol. The molecule has 0 saturated carbocycles. The molecular formula is C24H23N3O4. The molecule has 2 heterocycles. The van der Waals surface area contributed by atoms with E-state index < -0.39 is 0 Å². The first-order valence-electron chi connectivity index (χ1n) is 9.88. The molecule has 0 aliphatic carbocycles. The number of fused-ring (bicyclic) bond motifs is 1. The van der Waals surface area contributed by atoms with E-state index in [0.717, 1.165) is 5.56 Å². The highest BCUT2D eigenvalue weighted by Crippen LogP contribution is 2.27. The van der Waals surface area contributed by atoms with E-state index in [0.29, 0.717) is 33.9 Å². The number of benzene rings is 2. The molecule has 4 aromatic rings. The summed E-state index contributed by atoms with van der Waals surface area (Å²) in [5.74, 6) is 0.162. The van der Waals surface area contributed by atoms with Crippen molar-refractivity contribution in [2.75, 3.05) is 10.6 Å². The van der Waals surface area contributed by atoms with Crippen molar-refractivity contribution in [3.63, 3.8) is 0 Å². The van der Waals surface area contributed by atoms with Crippen LogP contribution in [-0.2, 0) is 5.41 Å². The number of nitrogens with zero attached hydrogens (tertiary/aromatic N) is 1. The van der Waals surface area contributed by atoms with Gasteiger partial charge in [0.25, 0.3) is 11.8 Å². The predicted octanol–water partition coefficient (Wildman–Crippen LogP) is 5.53. The molecule has 0 spiro atoms. The minimum Gasteiger partial charge on any atom is -0.459 e. The molecule has 0 aliphatic heterocycles. The molecule has 31 heavy (non-hydrogen) atoms. The van der Waals surface area contributed by atoms with E-state index in [2.05, 4.69) is 15.6 Å². The number of hydrogen-bond donors (Lipinski definition) is 2. The van der Waals surface area contributed by atoms with Gasteiger partial charge in [-0.25, -0.2) is 4.98 Å². The number of nitrogens with one attached hydrogen (secondary N) is 2. The Balaban J connectivity index is 1.53. The predicted molar refractivity (Wildman–Crippen MR) is 119 cm³/mol. The molecule has 0 radical (unpaired) electrons. The first-order valence-corrected chi connectivity index (χ1v) is 9.88. The van der Waals surface area contributed by atoms with Gasteiger partial charge in [0.2, 0.25) is 5.89 Å². The van der Waals surface area contributed by atoms with Crippen LogP contribution in [0.2, 0.25) is 0 Å². The van der Waals surface area contributed by atoms with Crippen molar-refractivity contribution in [3.8, 4) is 0 Å². The Labute approximate surface area is 179 Å². The Kier molecular flexibility index (Phi) is 5.10. The summed E-state index contributed by atoms with van der Waals surface area (Å²) >= 11 is 0. The lowest BCUT2D eigenvalue weighted by Gasteiger charge is -2.11. The van der Waals surface area contributed by atoms with Gasteiger partial charge in [0.15, 0.2) is 11.3 Å². The van der Waals surface area contributed by atoms with Crippen LogP contribution >= 0.6 is 0 Å². The van der Waals surface area contributed by atoms with Crippen LogP contribution in [0.25, 0.3) is 11.1 Å². The highest BCUT2D eigenvalue weighted by Gasteiger charge is 2.21. The largest absolute Gasteiger partial charge is 0.459 e. The second-order valence-electron chi connectivity index (χ2n) is 8.37. The van der Waals surface area contributed by atoms with E-state index in [4.69, 9.17) is 8.83 Å². The molecule has 7 nitrogen and oxygen atoms in total. The maximum atomic E-state index is 12.8. The summed E-state index contributed by atoms with van der Waals surface area (Å²) in [5, 5.41) is 5.65. The van der Waals surface area contributed by atoms with Gasteiger partial charge in [-0.1, -0.05) is 26.8 Å². The Bertz CT molecular complexity index is 1260. The summed E-state index contributed by atoms with van der Waals surface area (Å²) in [6.45, 7) is 7.94. The number of rotatable bonds is 4. The van der Waals surface area contributed by atoms with Crippen LogP contribution in [0.3, 0.4) is 0 Å². The molecule has 2 aromatic carbocycles. The molecule has 0 aliphatic rings. The van der Waals surface area contributed by atoms with Gasteiger partial charge in [-0.05, 0) is 55.0 Å². The Morgan fingerprint density at radius 2 is 1.77 bits per heavy atom. The van der Waals surface area contributed by atoms with Crippen LogP contribution < -0.4 is 10.6 Å². The van der Waals surface area contributed by atoms with Crippen LogP contribution in [0.1, 0.15) is 53.1 Å². The van der Waals surface area contributed by atoms with Crippen molar-refractivity contribution in [1.29, 1.82) is 0 Å². The van der Waals surface area contributed by atoms with Crippen molar-refractivity contribution in [3.05, 3.63) is 77.6 Å². The zero-order chi connectivity index (χ0) is 22.2. The summed E-state index contributed by atoms with van der Waals surface area (Å²) < 4.78 is 10.9. The van der Waals surface area contributed by atoms with Crippen LogP contribution in [-0.4, -0.2) is 16.8 Å². The third-order valence-electron chi connectivity index (χ3n) is 4.78. The number of furan rings is 1. The van der Waals surface area contributed by atoms with Crippen molar-refractivity contribution < 1.29 is 18.4 Å². The highest BCUT2D eigenvalue weighted by atomic mass is 16.4. The lowest BCUT2D eigenvalue weighted by Crippen LogP contribution is -2.15. The molecule has 0 saturated heterocycles. The standard InChI is InChI=1S/C24H23N3O4/c1-14-7-8-15(12-17(14)26-22(29)20-6-5-11-30-20)21(28)25-16-9-10-19-18(13-16)27-23(31-19)24(2,3)4/h5-13H,1-4H3,(H,25,28)(H,26,29). The number of aromatic nitrogens is 1. The quantitative estimate of drug-likeness (QED) is 0.455. The molecule has 0 unspecified atom stereocenters. The van der Waals surface area contributed by atoms with E-state index in [1.165, 1.54) is 6.26 Å². The molecule has 0 fully saturated rings. The first kappa shape index (κ1) is 20.4. The van der Waals surface area contributed by atoms with Gasteiger partial charge in [0, 0.05) is 22.4 Å². The third-order valence-corrected chi connectivity index (χ3v) is 4.78. The van der Waals surface area contributed by atoms with E-state index in [9.17, 15) is 9.59 Å². The van der Waals surface area contributed by atoms with Gasteiger partial charge in [-0.3, -0.25) is 9.59 Å². The van der Waals surface area contributed by atoms with Crippen LogP contribution in [0.5, 0.6) is 0 Å². The summed E-state index contributed by atoms with van der Waals surface area (Å²) in [5.41, 5.74) is 3.52. The zero-order valence-corrected chi connectivity index (χ0v) is 17.8. The van der Waals surface area contributed by atoms with Crippen molar-refractivity contribution in [2.24, 2.45) is 0 Å². The first-order chi connectivity index (χ1) is 14.7. The highest BCUT2D eigenvalue weighted by molar-refractivity contribution is 6.07. The number of carbonyl (C=O) groups is 2. The van der Waals surface area contributed by atoms with Crippen LogP contribution in [0.4, 0.5) is 11.4 Å². The number of anilines is 2. The Hall–Kier alpha value is -3.87. The van der Waals surface area contributed by atoms with Gasteiger partial charge in [-0.15, -0.1) is 0 Å². The second kappa shape index (κ2) is 7.75. The van der Waals surface area contributed by atoms with Crippen molar-refractivity contribution in [2.45, 2.75) is 33.1 Å². The average molecular weight is 417 g/mol. The lowest BCUT2D eigenvalue weighted by molar-refractivity contribution is 0.0993. The SMILES string of the molecule is Cc1ccc(C(=O)Nc2ccc3oc(C(C)(C)C)nc3c2)cc1NC(=O)c1ccco1. The minimum absolute atomic E-state index is 0.199. The molecular weight excluding hydrogens is 394 g/mol. The number of aryl methyl sites for hydroxylation is 1. The average Bonchev–Trinajstić information content (AvgIpc) is 3.38. The normalized spacial score (nSPS) is 11.5. The fourth-order valence-electron chi connectivity index (χ4n) is 3.02. The molecule has 158 valence electrons. The molecule has 7 heteroatoms. The fraction of sp³-hybridized carbons (Fsp3) is 0.208. The molecule has 4 rings (SSSR count). The number of carbonyl (C=O) groups excluding carboxylic acids is 2. The molecule has 2 amide bonds. The summed E-state index contributed by atoms with van der Waals surface area (Å²) in [6, 6.07) is 13.7. The molecule has 2 aromatic heterocycles. The summed E-state index contributed by atoms with van der Waals surface area (Å²) in [7, 11) is 0. The summed E-state index contributed by atoms with van der Waals surface area (Å²) in [6.07, 6.45) is 1.43. The fourth-order valence-corrected chi connectivity index (χ4v) is 3.02. The van der Waals surface area contributed by atoms with E-state index in [-0.39, 0.29) is 23.0 Å². The minimum atomic E-state index is -0.378. The van der Waals surface area contributed by atoms with Gasteiger partial charge < -0.3 is 19.5 Å². The molecule has 2 N–H and O–H groups in total. The van der Waals surface area contributed by atoms with Crippen molar-refractivity contribution >= 4 is 34.3 Å². The number of amides is 2. The smallest absolute Gasteiger partial charge is 0.291 e. The number of oxazole rings is 1. The van der Waals surface area contributed by atoms with Gasteiger partial charge >= 0.3 is 0 Å². The third kappa shape index (κ3) is 4.35. The van der Waals surface area contributed by atoms with Crippen LogP contribution in [0.15, 0.2) is 63.6 Å². The summed E-state index contributed by atoms with van der Waals surface area (Å²) in [4.78, 5) is 29.6. The topological polar surface area (TPSA) is 97.4 Å². The van der Waals surface area contributed by atoms with Gasteiger partial charge in [0.1, 0.15) is 5.52 Å². The Morgan fingerprint density at radius 1 is 0.968 bits per heavy atom. The maximum absolute atomic E-state index is 12.8. The lowest BCUT2D eigenvalue weighted by atomic mass is 9.97. The van der Waals surface area contributed by atoms with E-state index >= 15 is 0 Å². The molecule has 0 atom stereocenters. The van der Waals surface area contributed by atoms with Gasteiger partial charge in [-0.2, -0.15) is 0 Å². The van der Waals surface area contributed by atoms with Crippen molar-refractivity contribution in [1.82, 2.24) is 4.98 Å². The van der Waals surface area contributed by atoms with Crippen LogP contribution in [0, 0.1) is 6.92 Å².